The van der Waals surface area contributed by atoms with E-state index in [2.05, 4.69) is 5.16 Å². The first kappa shape index (κ1) is 15.7. The van der Waals surface area contributed by atoms with Crippen molar-refractivity contribution in [2.45, 2.75) is 11.8 Å². The highest BCUT2D eigenvalue weighted by molar-refractivity contribution is 7.89. The van der Waals surface area contributed by atoms with Crippen molar-refractivity contribution in [1.82, 2.24) is 9.21 Å². The SMILES string of the molecule is Cc1ccccc1S(=O)(=O)N1CCN(CC(N)=NO)CC1. The molecule has 8 heteroatoms. The second-order valence-electron chi connectivity index (χ2n) is 5.04. The smallest absolute Gasteiger partial charge is 0.243 e. The second-order valence-corrected chi connectivity index (χ2v) is 6.94. The van der Waals surface area contributed by atoms with Crippen LogP contribution in [-0.4, -0.2) is 61.4 Å². The molecule has 3 N–H and O–H groups in total. The van der Waals surface area contributed by atoms with Gasteiger partial charge < -0.3 is 10.9 Å². The molecule has 0 atom stereocenters. The number of oxime groups is 1. The summed E-state index contributed by atoms with van der Waals surface area (Å²) in [6, 6.07) is 6.98. The zero-order valence-corrected chi connectivity index (χ0v) is 12.8. The Labute approximate surface area is 124 Å². The molecule has 1 fully saturated rings. The predicted molar refractivity (Wildman–Crippen MR) is 79.8 cm³/mol. The van der Waals surface area contributed by atoms with E-state index in [0.29, 0.717) is 37.6 Å². The van der Waals surface area contributed by atoms with Gasteiger partial charge in [0, 0.05) is 26.2 Å². The summed E-state index contributed by atoms with van der Waals surface area (Å²) >= 11 is 0. The maximum absolute atomic E-state index is 12.6. The Balaban J connectivity index is 2.07. The lowest BCUT2D eigenvalue weighted by molar-refractivity contribution is 0.206. The average molecular weight is 312 g/mol. The summed E-state index contributed by atoms with van der Waals surface area (Å²) in [7, 11) is -3.45. The molecule has 1 saturated heterocycles. The van der Waals surface area contributed by atoms with Crippen LogP contribution in [0.4, 0.5) is 0 Å². The summed E-state index contributed by atoms with van der Waals surface area (Å²) in [6.07, 6.45) is 0. The van der Waals surface area contributed by atoms with E-state index in [0.717, 1.165) is 5.56 Å². The van der Waals surface area contributed by atoms with Crippen molar-refractivity contribution >= 4 is 15.9 Å². The van der Waals surface area contributed by atoms with Crippen LogP contribution in [0.25, 0.3) is 0 Å². The zero-order valence-electron chi connectivity index (χ0n) is 11.9. The fourth-order valence-electron chi connectivity index (χ4n) is 2.37. The molecule has 2 rings (SSSR count). The molecule has 7 nitrogen and oxygen atoms in total. The Hall–Kier alpha value is -1.64. The number of hydrogen-bond acceptors (Lipinski definition) is 5. The topological polar surface area (TPSA) is 99.2 Å². The van der Waals surface area contributed by atoms with E-state index in [9.17, 15) is 8.42 Å². The van der Waals surface area contributed by atoms with Gasteiger partial charge in [0.15, 0.2) is 5.84 Å². The van der Waals surface area contributed by atoms with Crippen molar-refractivity contribution in [3.63, 3.8) is 0 Å². The van der Waals surface area contributed by atoms with Crippen molar-refractivity contribution in [1.29, 1.82) is 0 Å². The van der Waals surface area contributed by atoms with E-state index in [4.69, 9.17) is 10.9 Å². The van der Waals surface area contributed by atoms with E-state index in [-0.39, 0.29) is 5.84 Å². The Morgan fingerprint density at radius 1 is 1.29 bits per heavy atom. The molecule has 1 aliphatic heterocycles. The second kappa shape index (κ2) is 6.42. The summed E-state index contributed by atoms with van der Waals surface area (Å²) in [4.78, 5) is 2.31. The number of nitrogens with zero attached hydrogens (tertiary/aromatic N) is 3. The largest absolute Gasteiger partial charge is 0.409 e. The lowest BCUT2D eigenvalue weighted by Crippen LogP contribution is -2.50. The summed E-state index contributed by atoms with van der Waals surface area (Å²) in [5.74, 6) is 0.130. The minimum absolute atomic E-state index is 0.130. The monoisotopic (exact) mass is 312 g/mol. The van der Waals surface area contributed by atoms with Gasteiger partial charge in [-0.05, 0) is 18.6 Å². The van der Waals surface area contributed by atoms with Gasteiger partial charge in [-0.25, -0.2) is 8.42 Å². The molecule has 1 aromatic carbocycles. The van der Waals surface area contributed by atoms with Crippen LogP contribution in [0.3, 0.4) is 0 Å². The summed E-state index contributed by atoms with van der Waals surface area (Å²) in [5, 5.41) is 11.5. The molecule has 21 heavy (non-hydrogen) atoms. The molecule has 1 aromatic rings. The first-order valence-electron chi connectivity index (χ1n) is 6.69. The standard InChI is InChI=1S/C13H20N4O3S/c1-11-4-2-3-5-12(11)21(19,20)17-8-6-16(7-9-17)10-13(14)15-18/h2-5,18H,6-10H2,1H3,(H2,14,15). The van der Waals surface area contributed by atoms with Crippen molar-refractivity contribution in [3.05, 3.63) is 29.8 Å². The van der Waals surface area contributed by atoms with E-state index in [1.54, 1.807) is 25.1 Å². The Bertz CT molecular complexity index is 622. The van der Waals surface area contributed by atoms with Crippen LogP contribution in [0.15, 0.2) is 34.3 Å². The molecule has 0 saturated carbocycles. The van der Waals surface area contributed by atoms with Crippen molar-refractivity contribution in [3.8, 4) is 0 Å². The quantitative estimate of drug-likeness (QED) is 0.354. The fraction of sp³-hybridized carbons (Fsp3) is 0.462. The number of nitrogens with two attached hydrogens (primary N) is 1. The lowest BCUT2D eigenvalue weighted by Gasteiger charge is -2.33. The lowest BCUT2D eigenvalue weighted by atomic mass is 10.2. The maximum atomic E-state index is 12.6. The van der Waals surface area contributed by atoms with E-state index >= 15 is 0 Å². The molecule has 0 radical (unpaired) electrons. The Morgan fingerprint density at radius 2 is 1.90 bits per heavy atom. The zero-order chi connectivity index (χ0) is 15.5. The van der Waals surface area contributed by atoms with Crippen LogP contribution >= 0.6 is 0 Å². The number of amidine groups is 1. The number of sulfonamides is 1. The third kappa shape index (κ3) is 3.52. The van der Waals surface area contributed by atoms with Crippen LogP contribution in [0.5, 0.6) is 0 Å². The number of rotatable bonds is 4. The van der Waals surface area contributed by atoms with E-state index in [1.807, 2.05) is 11.0 Å². The highest BCUT2D eigenvalue weighted by atomic mass is 32.2. The highest BCUT2D eigenvalue weighted by Crippen LogP contribution is 2.20. The molecule has 0 spiro atoms. The molecule has 0 bridgehead atoms. The minimum atomic E-state index is -3.45. The van der Waals surface area contributed by atoms with Gasteiger partial charge in [-0.15, -0.1) is 0 Å². The van der Waals surface area contributed by atoms with Gasteiger partial charge in [0.2, 0.25) is 10.0 Å². The van der Waals surface area contributed by atoms with Gasteiger partial charge >= 0.3 is 0 Å². The molecule has 116 valence electrons. The third-order valence-corrected chi connectivity index (χ3v) is 5.62. The Morgan fingerprint density at radius 3 is 2.48 bits per heavy atom. The van der Waals surface area contributed by atoms with Crippen molar-refractivity contribution in [2.24, 2.45) is 10.9 Å². The van der Waals surface area contributed by atoms with Gasteiger partial charge in [0.25, 0.3) is 0 Å². The Kier molecular flexibility index (Phi) is 4.81. The molecule has 1 heterocycles. The molecule has 0 unspecified atom stereocenters. The fourth-order valence-corrected chi connectivity index (χ4v) is 4.02. The van der Waals surface area contributed by atoms with Gasteiger partial charge in [-0.1, -0.05) is 23.4 Å². The maximum Gasteiger partial charge on any atom is 0.243 e. The van der Waals surface area contributed by atoms with E-state index < -0.39 is 10.0 Å². The van der Waals surface area contributed by atoms with Crippen molar-refractivity contribution in [2.75, 3.05) is 32.7 Å². The van der Waals surface area contributed by atoms with Gasteiger partial charge in [-0.3, -0.25) is 4.90 Å². The number of piperazine rings is 1. The van der Waals surface area contributed by atoms with Crippen molar-refractivity contribution < 1.29 is 13.6 Å². The normalized spacial score (nSPS) is 18.8. The van der Waals surface area contributed by atoms with Gasteiger partial charge in [-0.2, -0.15) is 4.31 Å². The van der Waals surface area contributed by atoms with Crippen LogP contribution < -0.4 is 5.73 Å². The first-order chi connectivity index (χ1) is 9.95. The number of benzene rings is 1. The third-order valence-electron chi connectivity index (χ3n) is 3.56. The minimum Gasteiger partial charge on any atom is -0.409 e. The van der Waals surface area contributed by atoms with Gasteiger partial charge in [0.05, 0.1) is 11.4 Å². The van der Waals surface area contributed by atoms with Gasteiger partial charge in [0.1, 0.15) is 0 Å². The summed E-state index contributed by atoms with van der Waals surface area (Å²) in [5.41, 5.74) is 6.21. The van der Waals surface area contributed by atoms with Crippen LogP contribution in [0.1, 0.15) is 5.56 Å². The molecular formula is C13H20N4O3S. The molecule has 1 aliphatic rings. The molecular weight excluding hydrogens is 292 g/mol. The summed E-state index contributed by atoms with van der Waals surface area (Å²) < 4.78 is 26.7. The first-order valence-corrected chi connectivity index (χ1v) is 8.13. The molecule has 0 aromatic heterocycles. The molecule has 0 amide bonds. The predicted octanol–water partition coefficient (Wildman–Crippen LogP) is 0.0477. The van der Waals surface area contributed by atoms with Crippen LogP contribution in [0, 0.1) is 6.92 Å². The van der Waals surface area contributed by atoms with Crippen LogP contribution in [0.2, 0.25) is 0 Å². The molecule has 0 aliphatic carbocycles. The number of aryl methyl sites for hydroxylation is 1. The average Bonchev–Trinajstić information content (AvgIpc) is 2.48. The van der Waals surface area contributed by atoms with Crippen LogP contribution in [-0.2, 0) is 10.0 Å². The number of hydrogen-bond donors (Lipinski definition) is 2. The summed E-state index contributed by atoms with van der Waals surface area (Å²) in [6.45, 7) is 4.05. The van der Waals surface area contributed by atoms with E-state index in [1.165, 1.54) is 4.31 Å². The highest BCUT2D eigenvalue weighted by Gasteiger charge is 2.29.